The van der Waals surface area contributed by atoms with Crippen molar-refractivity contribution in [3.05, 3.63) is 58.7 Å². The van der Waals surface area contributed by atoms with Crippen LogP contribution in [-0.4, -0.2) is 57.4 Å². The molecule has 0 aromatic heterocycles. The summed E-state index contributed by atoms with van der Waals surface area (Å²) in [6, 6.07) is 10.6. The van der Waals surface area contributed by atoms with E-state index < -0.39 is 11.9 Å². The minimum atomic E-state index is -0.466. The molecule has 220 valence electrons. The highest BCUT2D eigenvalue weighted by molar-refractivity contribution is 6.14. The minimum absolute atomic E-state index is 0.0253. The summed E-state index contributed by atoms with van der Waals surface area (Å²) in [5.74, 6) is 0.749. The molecule has 0 saturated heterocycles. The van der Waals surface area contributed by atoms with Crippen molar-refractivity contribution in [2.75, 3.05) is 27.4 Å². The van der Waals surface area contributed by atoms with Crippen molar-refractivity contribution in [3.63, 3.8) is 0 Å². The van der Waals surface area contributed by atoms with Gasteiger partial charge in [0.25, 0.3) is 0 Å². The highest BCUT2D eigenvalue weighted by Gasteiger charge is 2.21. The predicted octanol–water partition coefficient (Wildman–Crippen LogP) is 5.58. The lowest BCUT2D eigenvalue weighted by atomic mass is 9.87. The Morgan fingerprint density at radius 1 is 0.707 bits per heavy atom. The minimum Gasteiger partial charge on any atom is -0.493 e. The van der Waals surface area contributed by atoms with E-state index in [1.54, 1.807) is 52.0 Å². The van der Waals surface area contributed by atoms with E-state index >= 15 is 0 Å². The summed E-state index contributed by atoms with van der Waals surface area (Å²) in [6.45, 7) is 6.62. The summed E-state index contributed by atoms with van der Waals surface area (Å²) in [6.07, 6.45) is 5.38. The number of esters is 2. The second-order valence-electron chi connectivity index (χ2n) is 10.00. The van der Waals surface area contributed by atoms with Gasteiger partial charge in [0.05, 0.1) is 26.4 Å². The van der Waals surface area contributed by atoms with Gasteiger partial charge in [0.2, 0.25) is 0 Å². The van der Waals surface area contributed by atoms with Crippen LogP contribution in [0.25, 0.3) is 12.2 Å². The van der Waals surface area contributed by atoms with Crippen LogP contribution in [0.4, 0.5) is 0 Å². The summed E-state index contributed by atoms with van der Waals surface area (Å²) >= 11 is 0. The third-order valence-corrected chi connectivity index (χ3v) is 5.96. The van der Waals surface area contributed by atoms with Gasteiger partial charge in [0, 0.05) is 11.1 Å². The number of methoxy groups -OCH3 is 2. The van der Waals surface area contributed by atoms with Gasteiger partial charge >= 0.3 is 11.9 Å². The quantitative estimate of drug-likeness (QED) is 0.240. The van der Waals surface area contributed by atoms with Gasteiger partial charge < -0.3 is 28.4 Å². The van der Waals surface area contributed by atoms with Crippen molar-refractivity contribution < 1.29 is 42.8 Å². The summed E-state index contributed by atoms with van der Waals surface area (Å²) in [5.41, 5.74) is 2.94. The molecule has 1 fully saturated rings. The van der Waals surface area contributed by atoms with Crippen LogP contribution in [0.1, 0.15) is 58.1 Å². The molecule has 0 amide bonds. The molecule has 0 bridgehead atoms. The molecule has 2 aromatic rings. The van der Waals surface area contributed by atoms with Crippen LogP contribution < -0.4 is 18.9 Å². The molecule has 0 unspecified atom stereocenters. The maximum absolute atomic E-state index is 13.4. The number of hydrogen-bond acceptors (Lipinski definition) is 9. The number of hydrogen-bond donors (Lipinski definition) is 0. The predicted molar refractivity (Wildman–Crippen MR) is 154 cm³/mol. The molecule has 0 N–H and O–H groups in total. The largest absolute Gasteiger partial charge is 0.493 e. The van der Waals surface area contributed by atoms with E-state index in [9.17, 15) is 14.4 Å². The number of benzene rings is 2. The zero-order chi connectivity index (χ0) is 29.9. The van der Waals surface area contributed by atoms with Gasteiger partial charge in [0.15, 0.2) is 42.0 Å². The zero-order valence-corrected chi connectivity index (χ0v) is 24.5. The maximum atomic E-state index is 13.4. The first kappa shape index (κ1) is 31.3. The molecule has 1 aliphatic carbocycles. The van der Waals surface area contributed by atoms with Gasteiger partial charge in [-0.3, -0.25) is 4.79 Å². The third kappa shape index (κ3) is 9.41. The second kappa shape index (κ2) is 14.9. The van der Waals surface area contributed by atoms with Crippen LogP contribution in [0.3, 0.4) is 0 Å². The van der Waals surface area contributed by atoms with E-state index in [0.29, 0.717) is 47.0 Å². The monoisotopic (exact) mass is 566 g/mol. The Morgan fingerprint density at radius 3 is 1.49 bits per heavy atom. The molecule has 0 atom stereocenters. The van der Waals surface area contributed by atoms with Gasteiger partial charge in [-0.15, -0.1) is 0 Å². The third-order valence-electron chi connectivity index (χ3n) is 5.96. The van der Waals surface area contributed by atoms with Crippen molar-refractivity contribution >= 4 is 29.9 Å². The fourth-order valence-electron chi connectivity index (χ4n) is 4.23. The van der Waals surface area contributed by atoms with Crippen molar-refractivity contribution in [3.8, 4) is 23.0 Å². The zero-order valence-electron chi connectivity index (χ0n) is 24.5. The van der Waals surface area contributed by atoms with E-state index in [2.05, 4.69) is 0 Å². The molecule has 1 aliphatic rings. The molecule has 2 aromatic carbocycles. The number of carbonyl (C=O) groups is 3. The smallest absolute Gasteiger partial charge is 0.344 e. The molecule has 9 heteroatoms. The Morgan fingerprint density at radius 2 is 1.12 bits per heavy atom. The van der Waals surface area contributed by atoms with Crippen molar-refractivity contribution in [1.82, 2.24) is 0 Å². The molecule has 0 heterocycles. The maximum Gasteiger partial charge on any atom is 0.344 e. The summed E-state index contributed by atoms with van der Waals surface area (Å²) in [7, 11) is 3.03. The van der Waals surface area contributed by atoms with Crippen molar-refractivity contribution in [2.45, 2.75) is 59.2 Å². The fourth-order valence-corrected chi connectivity index (χ4v) is 4.23. The lowest BCUT2D eigenvalue weighted by Gasteiger charge is -2.17. The molecule has 1 saturated carbocycles. The standard InChI is InChI=1S/C32H38O9/c1-20(2)40-30(33)18-38-26-12-10-22(16-28(26)36-5)14-24-8-7-9-25(32(24)35)15-23-11-13-27(29(17-23)37-6)39-19-31(34)41-21(3)4/h10-17,20-21H,7-9,18-19H2,1-6H3/b24-14+,25-15+. The molecule has 3 rings (SSSR count). The average Bonchev–Trinajstić information content (AvgIpc) is 2.92. The number of ether oxygens (including phenoxy) is 6. The highest BCUT2D eigenvalue weighted by atomic mass is 16.6. The first-order valence-corrected chi connectivity index (χ1v) is 13.6. The number of rotatable bonds is 12. The van der Waals surface area contributed by atoms with Gasteiger partial charge in [-0.05, 0) is 94.5 Å². The fraction of sp³-hybridized carbons (Fsp3) is 0.406. The number of ketones is 1. The van der Waals surface area contributed by atoms with E-state index in [1.165, 1.54) is 14.2 Å². The molecule has 0 aliphatic heterocycles. The van der Waals surface area contributed by atoms with Crippen LogP contribution in [-0.2, 0) is 23.9 Å². The molecular weight excluding hydrogens is 528 g/mol. The molecule has 0 spiro atoms. The lowest BCUT2D eigenvalue weighted by molar-refractivity contribution is -0.150. The Balaban J connectivity index is 1.73. The second-order valence-corrected chi connectivity index (χ2v) is 10.00. The Labute approximate surface area is 241 Å². The van der Waals surface area contributed by atoms with E-state index in [4.69, 9.17) is 28.4 Å². The first-order valence-electron chi connectivity index (χ1n) is 13.6. The Hall–Kier alpha value is -4.27. The number of Topliss-reactive ketones (excluding diaryl/α,β-unsaturated/α-hetero) is 1. The molecular formula is C32H38O9. The summed E-state index contributed by atoms with van der Waals surface area (Å²) in [5, 5.41) is 0. The average molecular weight is 567 g/mol. The van der Waals surface area contributed by atoms with Crippen LogP contribution >= 0.6 is 0 Å². The van der Waals surface area contributed by atoms with Crippen molar-refractivity contribution in [1.29, 1.82) is 0 Å². The lowest BCUT2D eigenvalue weighted by Crippen LogP contribution is -2.18. The summed E-state index contributed by atoms with van der Waals surface area (Å²) in [4.78, 5) is 37.0. The normalized spacial score (nSPS) is 15.3. The van der Waals surface area contributed by atoms with E-state index in [0.717, 1.165) is 17.5 Å². The van der Waals surface area contributed by atoms with E-state index in [1.807, 2.05) is 24.3 Å². The van der Waals surface area contributed by atoms with Crippen LogP contribution in [0.5, 0.6) is 23.0 Å². The highest BCUT2D eigenvalue weighted by Crippen LogP contribution is 2.33. The van der Waals surface area contributed by atoms with Crippen molar-refractivity contribution in [2.24, 2.45) is 0 Å². The van der Waals surface area contributed by atoms with Crippen LogP contribution in [0.2, 0.25) is 0 Å². The summed E-state index contributed by atoms with van der Waals surface area (Å²) < 4.78 is 32.2. The van der Waals surface area contributed by atoms with Crippen LogP contribution in [0.15, 0.2) is 47.5 Å². The van der Waals surface area contributed by atoms with Gasteiger partial charge in [-0.1, -0.05) is 12.1 Å². The molecule has 9 nitrogen and oxygen atoms in total. The first-order chi connectivity index (χ1) is 19.6. The number of allylic oxidation sites excluding steroid dienone is 2. The molecule has 0 radical (unpaired) electrons. The Kier molecular flexibility index (Phi) is 11.4. The Bertz CT molecular complexity index is 1210. The SMILES string of the molecule is COc1cc(/C=C2\CCC/C(=C\c3ccc(OCC(=O)OC(C)C)c(OC)c3)C2=O)ccc1OCC(=O)OC(C)C. The molecule has 41 heavy (non-hydrogen) atoms. The topological polar surface area (TPSA) is 107 Å². The van der Waals surface area contributed by atoms with Gasteiger partial charge in [-0.2, -0.15) is 0 Å². The van der Waals surface area contributed by atoms with Gasteiger partial charge in [0.1, 0.15) is 0 Å². The van der Waals surface area contributed by atoms with Gasteiger partial charge in [-0.25, -0.2) is 9.59 Å². The van der Waals surface area contributed by atoms with Crippen LogP contribution in [0, 0.1) is 0 Å². The number of carbonyl (C=O) groups excluding carboxylic acids is 3. The van der Waals surface area contributed by atoms with E-state index in [-0.39, 0.29) is 31.2 Å².